The number of hydrazine groups is 1. The van der Waals surface area contributed by atoms with E-state index in [2.05, 4.69) is 15.0 Å². The van der Waals surface area contributed by atoms with Crippen molar-refractivity contribution in [3.8, 4) is 5.75 Å². The van der Waals surface area contributed by atoms with Crippen molar-refractivity contribution in [3.05, 3.63) is 54.1 Å². The molecular weight excluding hydrogens is 333 g/mol. The molecule has 0 atom stereocenters. The van der Waals surface area contributed by atoms with Gasteiger partial charge in [0, 0.05) is 0 Å². The normalized spacial score (nSPS) is 12.0. The van der Waals surface area contributed by atoms with Gasteiger partial charge in [0.1, 0.15) is 5.75 Å². The third-order valence-corrected chi connectivity index (χ3v) is 4.01. The number of rotatable bonds is 5. The van der Waals surface area contributed by atoms with Crippen molar-refractivity contribution >= 4 is 15.7 Å². The highest BCUT2D eigenvalue weighted by Gasteiger charge is 2.30. The van der Waals surface area contributed by atoms with Crippen molar-refractivity contribution in [2.24, 2.45) is 0 Å². The van der Waals surface area contributed by atoms with Crippen LogP contribution in [0.5, 0.6) is 5.75 Å². The van der Waals surface area contributed by atoms with Crippen LogP contribution in [0, 0.1) is 6.92 Å². The van der Waals surface area contributed by atoms with E-state index in [4.69, 9.17) is 0 Å². The fourth-order valence-corrected chi connectivity index (χ4v) is 2.51. The average molecular weight is 346 g/mol. The van der Waals surface area contributed by atoms with Gasteiger partial charge in [0.15, 0.2) is 0 Å². The molecule has 0 spiro atoms. The number of benzene rings is 2. The summed E-state index contributed by atoms with van der Waals surface area (Å²) in [6.07, 6.45) is -4.78. The number of hydrogen-bond acceptors (Lipinski definition) is 4. The summed E-state index contributed by atoms with van der Waals surface area (Å²) >= 11 is 0. The molecule has 2 aromatic rings. The minimum absolute atomic E-state index is 0.0626. The van der Waals surface area contributed by atoms with Gasteiger partial charge >= 0.3 is 6.36 Å². The van der Waals surface area contributed by atoms with Crippen LogP contribution in [0.3, 0.4) is 0 Å². The molecule has 0 aliphatic rings. The lowest BCUT2D eigenvalue weighted by Gasteiger charge is -2.11. The van der Waals surface area contributed by atoms with Gasteiger partial charge in [-0.05, 0) is 43.3 Å². The smallest absolute Gasteiger partial charge is 0.406 e. The Kier molecular flexibility index (Phi) is 4.81. The second-order valence-corrected chi connectivity index (χ2v) is 6.30. The van der Waals surface area contributed by atoms with Gasteiger partial charge in [-0.25, -0.2) is 8.42 Å². The molecule has 0 aliphatic carbocycles. The number of ether oxygens (including phenoxy) is 1. The Labute approximate surface area is 131 Å². The molecule has 124 valence electrons. The Morgan fingerprint density at radius 3 is 2.04 bits per heavy atom. The molecule has 0 saturated carbocycles. The molecule has 0 unspecified atom stereocenters. The Balaban J connectivity index is 2.01. The zero-order chi connectivity index (χ0) is 17.1. The maximum absolute atomic E-state index is 12.0. The van der Waals surface area contributed by atoms with E-state index in [9.17, 15) is 21.6 Å². The number of halogens is 3. The number of alkyl halides is 3. The SMILES string of the molecule is Cc1ccc(S(=O)(=O)NNc2ccc(OC(F)(F)F)cc2)cc1. The van der Waals surface area contributed by atoms with Crippen molar-refractivity contribution in [3.63, 3.8) is 0 Å². The van der Waals surface area contributed by atoms with Crippen LogP contribution in [0.4, 0.5) is 18.9 Å². The first-order valence-electron chi connectivity index (χ1n) is 6.36. The Bertz CT molecular complexity index is 757. The van der Waals surface area contributed by atoms with Crippen LogP contribution in [0.25, 0.3) is 0 Å². The van der Waals surface area contributed by atoms with E-state index in [1.807, 2.05) is 6.92 Å². The van der Waals surface area contributed by atoms with Crippen LogP contribution in [0.1, 0.15) is 5.56 Å². The highest BCUT2D eigenvalue weighted by molar-refractivity contribution is 7.89. The number of anilines is 1. The van der Waals surface area contributed by atoms with Gasteiger partial charge in [0.2, 0.25) is 0 Å². The predicted octanol–water partition coefficient (Wildman–Crippen LogP) is 3.20. The molecule has 0 fully saturated rings. The van der Waals surface area contributed by atoms with Crippen LogP contribution in [0.2, 0.25) is 0 Å². The van der Waals surface area contributed by atoms with Gasteiger partial charge in [-0.1, -0.05) is 17.7 Å². The summed E-state index contributed by atoms with van der Waals surface area (Å²) in [5.41, 5.74) is 3.59. The standard InChI is InChI=1S/C14H13F3N2O3S/c1-10-2-8-13(9-3-10)23(20,21)19-18-11-4-6-12(7-5-11)22-14(15,16)17/h2-9,18-19H,1H3. The van der Waals surface area contributed by atoms with Crippen molar-refractivity contribution in [1.82, 2.24) is 4.83 Å². The lowest BCUT2D eigenvalue weighted by atomic mass is 10.2. The highest BCUT2D eigenvalue weighted by atomic mass is 32.2. The lowest BCUT2D eigenvalue weighted by Crippen LogP contribution is -2.29. The maximum Gasteiger partial charge on any atom is 0.573 e. The van der Waals surface area contributed by atoms with E-state index < -0.39 is 22.1 Å². The first-order chi connectivity index (χ1) is 10.7. The molecule has 0 amide bonds. The van der Waals surface area contributed by atoms with E-state index in [1.54, 1.807) is 12.1 Å². The minimum atomic E-state index is -4.78. The number of nitrogens with one attached hydrogen (secondary N) is 2. The van der Waals surface area contributed by atoms with Gasteiger partial charge in [0.05, 0.1) is 10.6 Å². The Morgan fingerprint density at radius 1 is 0.957 bits per heavy atom. The molecule has 2 N–H and O–H groups in total. The summed E-state index contributed by atoms with van der Waals surface area (Å²) < 4.78 is 63.9. The van der Waals surface area contributed by atoms with Gasteiger partial charge in [-0.3, -0.25) is 0 Å². The molecule has 0 aromatic heterocycles. The van der Waals surface area contributed by atoms with Gasteiger partial charge in [-0.15, -0.1) is 18.0 Å². The Morgan fingerprint density at radius 2 is 1.52 bits per heavy atom. The molecule has 0 aliphatic heterocycles. The molecule has 0 radical (unpaired) electrons. The topological polar surface area (TPSA) is 67.4 Å². The molecular formula is C14H13F3N2O3S. The zero-order valence-electron chi connectivity index (χ0n) is 11.9. The molecule has 0 heterocycles. The minimum Gasteiger partial charge on any atom is -0.406 e. The van der Waals surface area contributed by atoms with E-state index in [0.29, 0.717) is 0 Å². The van der Waals surface area contributed by atoms with Crippen molar-refractivity contribution in [2.45, 2.75) is 18.2 Å². The van der Waals surface area contributed by atoms with Gasteiger partial charge in [-0.2, -0.15) is 0 Å². The number of aryl methyl sites for hydroxylation is 1. The van der Waals surface area contributed by atoms with E-state index in [-0.39, 0.29) is 10.6 Å². The quantitative estimate of drug-likeness (QED) is 0.816. The summed E-state index contributed by atoms with van der Waals surface area (Å²) in [4.78, 5) is 2.20. The highest BCUT2D eigenvalue weighted by Crippen LogP contribution is 2.23. The first kappa shape index (κ1) is 17.1. The number of hydrogen-bond donors (Lipinski definition) is 2. The number of sulfonamides is 1. The first-order valence-corrected chi connectivity index (χ1v) is 7.84. The molecule has 2 aromatic carbocycles. The largest absolute Gasteiger partial charge is 0.573 e. The molecule has 0 saturated heterocycles. The average Bonchev–Trinajstić information content (AvgIpc) is 2.45. The molecule has 5 nitrogen and oxygen atoms in total. The summed E-state index contributed by atoms with van der Waals surface area (Å²) in [5.74, 6) is -0.399. The third kappa shape index (κ3) is 5.15. The second kappa shape index (κ2) is 6.47. The lowest BCUT2D eigenvalue weighted by molar-refractivity contribution is -0.274. The summed E-state index contributed by atoms with van der Waals surface area (Å²) in [6.45, 7) is 1.83. The van der Waals surface area contributed by atoms with E-state index in [0.717, 1.165) is 17.7 Å². The van der Waals surface area contributed by atoms with Crippen LogP contribution >= 0.6 is 0 Å². The fourth-order valence-electron chi connectivity index (χ4n) is 1.64. The summed E-state index contributed by atoms with van der Waals surface area (Å²) in [7, 11) is -3.79. The monoisotopic (exact) mass is 346 g/mol. The fraction of sp³-hybridized carbons (Fsp3) is 0.143. The third-order valence-electron chi connectivity index (χ3n) is 2.75. The van der Waals surface area contributed by atoms with Crippen LogP contribution in [-0.4, -0.2) is 14.8 Å². The zero-order valence-corrected chi connectivity index (χ0v) is 12.7. The second-order valence-electron chi connectivity index (χ2n) is 4.62. The van der Waals surface area contributed by atoms with E-state index in [1.165, 1.54) is 24.3 Å². The Hall–Kier alpha value is -2.26. The predicted molar refractivity (Wildman–Crippen MR) is 78.2 cm³/mol. The van der Waals surface area contributed by atoms with E-state index >= 15 is 0 Å². The summed E-state index contributed by atoms with van der Waals surface area (Å²) in [5, 5.41) is 0. The molecule has 23 heavy (non-hydrogen) atoms. The molecule has 9 heteroatoms. The van der Waals surface area contributed by atoms with Crippen molar-refractivity contribution < 1.29 is 26.3 Å². The molecule has 0 bridgehead atoms. The van der Waals surface area contributed by atoms with Gasteiger partial charge < -0.3 is 10.2 Å². The van der Waals surface area contributed by atoms with Crippen LogP contribution in [0.15, 0.2) is 53.4 Å². The van der Waals surface area contributed by atoms with Crippen LogP contribution in [-0.2, 0) is 10.0 Å². The van der Waals surface area contributed by atoms with Crippen molar-refractivity contribution in [1.29, 1.82) is 0 Å². The maximum atomic E-state index is 12.0. The summed E-state index contributed by atoms with van der Waals surface area (Å²) in [6, 6.07) is 10.8. The molecule has 2 rings (SSSR count). The van der Waals surface area contributed by atoms with Crippen LogP contribution < -0.4 is 15.0 Å². The van der Waals surface area contributed by atoms with Crippen molar-refractivity contribution in [2.75, 3.05) is 5.43 Å². The van der Waals surface area contributed by atoms with Gasteiger partial charge in [0.25, 0.3) is 10.0 Å².